The standard InChI is InChI=1S/C15H23N3O2/c1-10(16-3)12-4-6-13(7-5-12)17-15(19)18-14-8-9-20-11(14)2/h4-7,10-11,14,16H,8-9H2,1-3H3,(H2,17,18,19). The number of hydrogen-bond donors (Lipinski definition) is 3. The van der Waals surface area contributed by atoms with Crippen molar-refractivity contribution in [2.45, 2.75) is 38.5 Å². The fourth-order valence-electron chi connectivity index (χ4n) is 2.28. The van der Waals surface area contributed by atoms with Crippen LogP contribution in [-0.4, -0.2) is 31.8 Å². The maximum Gasteiger partial charge on any atom is 0.319 e. The molecule has 2 rings (SSSR count). The van der Waals surface area contributed by atoms with Crippen molar-refractivity contribution in [2.75, 3.05) is 19.0 Å². The van der Waals surface area contributed by atoms with Gasteiger partial charge in [-0.05, 0) is 45.0 Å². The van der Waals surface area contributed by atoms with E-state index in [9.17, 15) is 4.79 Å². The summed E-state index contributed by atoms with van der Waals surface area (Å²) in [5, 5.41) is 8.97. The van der Waals surface area contributed by atoms with Crippen LogP contribution in [0.25, 0.3) is 0 Å². The van der Waals surface area contributed by atoms with Crippen LogP contribution in [0.15, 0.2) is 24.3 Å². The van der Waals surface area contributed by atoms with E-state index in [1.807, 2.05) is 38.2 Å². The van der Waals surface area contributed by atoms with Gasteiger partial charge in [-0.1, -0.05) is 12.1 Å². The van der Waals surface area contributed by atoms with Crippen molar-refractivity contribution in [3.05, 3.63) is 29.8 Å². The summed E-state index contributed by atoms with van der Waals surface area (Å²) < 4.78 is 5.42. The van der Waals surface area contributed by atoms with E-state index in [4.69, 9.17) is 4.74 Å². The summed E-state index contributed by atoms with van der Waals surface area (Å²) in [6.07, 6.45) is 0.951. The molecule has 0 aliphatic carbocycles. The first-order valence-corrected chi connectivity index (χ1v) is 7.06. The zero-order valence-electron chi connectivity index (χ0n) is 12.3. The zero-order chi connectivity index (χ0) is 14.5. The monoisotopic (exact) mass is 277 g/mol. The minimum absolute atomic E-state index is 0.0830. The highest BCUT2D eigenvalue weighted by Gasteiger charge is 2.25. The average molecular weight is 277 g/mol. The number of carbonyl (C=O) groups excluding carboxylic acids is 1. The van der Waals surface area contributed by atoms with Gasteiger partial charge in [0.25, 0.3) is 0 Å². The van der Waals surface area contributed by atoms with Gasteiger partial charge in [0.1, 0.15) is 0 Å². The van der Waals surface area contributed by atoms with Gasteiger partial charge in [0.15, 0.2) is 0 Å². The molecule has 5 nitrogen and oxygen atoms in total. The van der Waals surface area contributed by atoms with Crippen molar-refractivity contribution in [3.63, 3.8) is 0 Å². The van der Waals surface area contributed by atoms with Crippen LogP contribution in [-0.2, 0) is 4.74 Å². The molecule has 110 valence electrons. The number of hydrogen-bond acceptors (Lipinski definition) is 3. The zero-order valence-corrected chi connectivity index (χ0v) is 12.3. The normalized spacial score (nSPS) is 23.4. The lowest BCUT2D eigenvalue weighted by Crippen LogP contribution is -2.41. The molecule has 0 spiro atoms. The Morgan fingerprint density at radius 1 is 1.35 bits per heavy atom. The van der Waals surface area contributed by atoms with E-state index in [0.29, 0.717) is 12.6 Å². The summed E-state index contributed by atoms with van der Waals surface area (Å²) in [5.74, 6) is 0. The summed E-state index contributed by atoms with van der Waals surface area (Å²) in [4.78, 5) is 11.9. The molecule has 1 aromatic carbocycles. The quantitative estimate of drug-likeness (QED) is 0.791. The van der Waals surface area contributed by atoms with E-state index in [1.165, 1.54) is 5.56 Å². The summed E-state index contributed by atoms with van der Waals surface area (Å²) in [5.41, 5.74) is 1.98. The molecule has 1 saturated heterocycles. The highest BCUT2D eigenvalue weighted by Crippen LogP contribution is 2.16. The van der Waals surface area contributed by atoms with Crippen molar-refractivity contribution in [1.82, 2.24) is 10.6 Å². The van der Waals surface area contributed by atoms with Crippen molar-refractivity contribution >= 4 is 11.7 Å². The van der Waals surface area contributed by atoms with E-state index >= 15 is 0 Å². The molecular formula is C15H23N3O2. The molecule has 20 heavy (non-hydrogen) atoms. The predicted octanol–water partition coefficient (Wildman–Crippen LogP) is 2.27. The Hall–Kier alpha value is -1.59. The second-order valence-electron chi connectivity index (χ2n) is 5.20. The molecular weight excluding hydrogens is 254 g/mol. The molecule has 2 amide bonds. The van der Waals surface area contributed by atoms with Gasteiger partial charge in [-0.2, -0.15) is 0 Å². The number of rotatable bonds is 4. The minimum atomic E-state index is -0.179. The fourth-order valence-corrected chi connectivity index (χ4v) is 2.28. The van der Waals surface area contributed by atoms with Gasteiger partial charge in [0, 0.05) is 18.3 Å². The van der Waals surface area contributed by atoms with E-state index in [2.05, 4.69) is 22.9 Å². The average Bonchev–Trinajstić information content (AvgIpc) is 2.84. The third kappa shape index (κ3) is 3.71. The number of nitrogens with one attached hydrogen (secondary N) is 3. The molecule has 1 aromatic rings. The lowest BCUT2D eigenvalue weighted by atomic mass is 10.1. The number of ether oxygens (including phenoxy) is 1. The second kappa shape index (κ2) is 6.72. The smallest absolute Gasteiger partial charge is 0.319 e. The summed E-state index contributed by atoms with van der Waals surface area (Å²) in [7, 11) is 1.93. The third-order valence-electron chi connectivity index (χ3n) is 3.79. The largest absolute Gasteiger partial charge is 0.376 e. The van der Waals surface area contributed by atoms with Crippen LogP contribution in [0.5, 0.6) is 0 Å². The number of urea groups is 1. The molecule has 0 saturated carbocycles. The van der Waals surface area contributed by atoms with Gasteiger partial charge in [-0.3, -0.25) is 0 Å². The van der Waals surface area contributed by atoms with Crippen LogP contribution < -0.4 is 16.0 Å². The van der Waals surface area contributed by atoms with Crippen LogP contribution in [0.4, 0.5) is 10.5 Å². The maximum absolute atomic E-state index is 11.9. The van der Waals surface area contributed by atoms with Crippen LogP contribution in [0.2, 0.25) is 0 Å². The van der Waals surface area contributed by atoms with Gasteiger partial charge in [0.05, 0.1) is 12.1 Å². The maximum atomic E-state index is 11.9. The van der Waals surface area contributed by atoms with Crippen molar-refractivity contribution in [1.29, 1.82) is 0 Å². The summed E-state index contributed by atoms with van der Waals surface area (Å²) >= 11 is 0. The summed E-state index contributed by atoms with van der Waals surface area (Å²) in [6.45, 7) is 4.78. The third-order valence-corrected chi connectivity index (χ3v) is 3.79. The first-order chi connectivity index (χ1) is 9.60. The molecule has 5 heteroatoms. The molecule has 1 aliphatic heterocycles. The van der Waals surface area contributed by atoms with E-state index < -0.39 is 0 Å². The van der Waals surface area contributed by atoms with E-state index in [0.717, 1.165) is 12.1 Å². The van der Waals surface area contributed by atoms with E-state index in [1.54, 1.807) is 0 Å². The van der Waals surface area contributed by atoms with Crippen molar-refractivity contribution in [3.8, 4) is 0 Å². The van der Waals surface area contributed by atoms with Crippen LogP contribution in [0, 0.1) is 0 Å². The highest BCUT2D eigenvalue weighted by atomic mass is 16.5. The molecule has 3 N–H and O–H groups in total. The SMILES string of the molecule is CNC(C)c1ccc(NC(=O)NC2CCOC2C)cc1. The Labute approximate surface area is 120 Å². The number of carbonyl (C=O) groups is 1. The van der Waals surface area contributed by atoms with Crippen LogP contribution in [0.1, 0.15) is 31.9 Å². The fraction of sp³-hybridized carbons (Fsp3) is 0.533. The molecule has 1 fully saturated rings. The predicted molar refractivity (Wildman–Crippen MR) is 79.9 cm³/mol. The molecule has 3 unspecified atom stereocenters. The van der Waals surface area contributed by atoms with Crippen molar-refractivity contribution in [2.24, 2.45) is 0 Å². The van der Waals surface area contributed by atoms with Gasteiger partial charge < -0.3 is 20.7 Å². The van der Waals surface area contributed by atoms with E-state index in [-0.39, 0.29) is 18.2 Å². The first-order valence-electron chi connectivity index (χ1n) is 7.06. The minimum Gasteiger partial charge on any atom is -0.376 e. The van der Waals surface area contributed by atoms with Gasteiger partial charge in [-0.15, -0.1) is 0 Å². The highest BCUT2D eigenvalue weighted by molar-refractivity contribution is 5.89. The lowest BCUT2D eigenvalue weighted by molar-refractivity contribution is 0.114. The Morgan fingerprint density at radius 3 is 2.60 bits per heavy atom. The molecule has 0 radical (unpaired) electrons. The second-order valence-corrected chi connectivity index (χ2v) is 5.20. The number of anilines is 1. The Morgan fingerprint density at radius 2 is 2.05 bits per heavy atom. The van der Waals surface area contributed by atoms with Gasteiger partial charge in [-0.25, -0.2) is 4.79 Å². The Bertz CT molecular complexity index is 447. The molecule has 0 aromatic heterocycles. The molecule has 3 atom stereocenters. The van der Waals surface area contributed by atoms with Gasteiger partial charge in [0.2, 0.25) is 0 Å². The Kier molecular flexibility index (Phi) is 4.98. The topological polar surface area (TPSA) is 62.4 Å². The Balaban J connectivity index is 1.88. The molecule has 1 heterocycles. The van der Waals surface area contributed by atoms with Crippen molar-refractivity contribution < 1.29 is 9.53 Å². The molecule has 1 aliphatic rings. The van der Waals surface area contributed by atoms with Crippen LogP contribution >= 0.6 is 0 Å². The van der Waals surface area contributed by atoms with Gasteiger partial charge >= 0.3 is 6.03 Å². The van der Waals surface area contributed by atoms with Crippen LogP contribution in [0.3, 0.4) is 0 Å². The number of amides is 2. The lowest BCUT2D eigenvalue weighted by Gasteiger charge is -2.17. The first kappa shape index (κ1) is 14.8. The summed E-state index contributed by atoms with van der Waals surface area (Å²) in [6, 6.07) is 8.07. The number of benzene rings is 1. The molecule has 0 bridgehead atoms.